The van der Waals surface area contributed by atoms with E-state index in [4.69, 9.17) is 21.7 Å². The molecule has 0 unspecified atom stereocenters. The van der Waals surface area contributed by atoms with Crippen molar-refractivity contribution in [1.29, 1.82) is 0 Å². The number of rotatable bonds is 6. The van der Waals surface area contributed by atoms with Crippen LogP contribution in [0.5, 0.6) is 0 Å². The molecule has 2 N–H and O–H groups in total. The first kappa shape index (κ1) is 23.3. The number of nitrogens with one attached hydrogen (secondary N) is 1. The average Bonchev–Trinajstić information content (AvgIpc) is 3.47. The first-order chi connectivity index (χ1) is 17.4. The number of carboxylic acid groups (broad SMARTS) is 1. The maximum atomic E-state index is 13.6. The number of aryl methyl sites for hydroxylation is 1. The molecule has 0 bridgehead atoms. The summed E-state index contributed by atoms with van der Waals surface area (Å²) in [5.41, 5.74) is 3.02. The van der Waals surface area contributed by atoms with Crippen molar-refractivity contribution >= 4 is 57.8 Å². The number of carbonyl (C=O) groups is 3. The van der Waals surface area contributed by atoms with Crippen LogP contribution >= 0.6 is 12.2 Å². The number of anilines is 1. The lowest BCUT2D eigenvalue weighted by molar-refractivity contribution is -0.122. The Balaban J connectivity index is 1.56. The van der Waals surface area contributed by atoms with Gasteiger partial charge in [0.15, 0.2) is 5.11 Å². The molecule has 3 heterocycles. The Hall–Kier alpha value is -4.50. The molecule has 1 fully saturated rings. The van der Waals surface area contributed by atoms with Crippen LogP contribution in [0.3, 0.4) is 0 Å². The monoisotopic (exact) mass is 499 g/mol. The molecule has 4 aromatic rings. The molecule has 0 aliphatic carbocycles. The van der Waals surface area contributed by atoms with Crippen molar-refractivity contribution in [3.05, 3.63) is 95.1 Å². The molecular formula is C27H21N3O5S. The van der Waals surface area contributed by atoms with Crippen molar-refractivity contribution in [1.82, 2.24) is 9.88 Å². The van der Waals surface area contributed by atoms with E-state index in [-0.39, 0.29) is 23.0 Å². The van der Waals surface area contributed by atoms with Gasteiger partial charge in [-0.2, -0.15) is 0 Å². The molecule has 0 radical (unpaired) electrons. The largest absolute Gasteiger partial charge is 0.475 e. The SMILES string of the molecule is CCc1ccccc1N1C(=O)/C(=C/c2cn(Cc3ccc(C(=O)O)o3)c3ccccc23)C(=O)NC1=S. The van der Waals surface area contributed by atoms with Gasteiger partial charge in [0, 0.05) is 22.7 Å². The second-order valence-electron chi connectivity index (χ2n) is 8.24. The Morgan fingerprint density at radius 3 is 2.58 bits per heavy atom. The van der Waals surface area contributed by atoms with Crippen LogP contribution in [0.25, 0.3) is 17.0 Å². The zero-order chi connectivity index (χ0) is 25.4. The molecule has 8 nitrogen and oxygen atoms in total. The van der Waals surface area contributed by atoms with Gasteiger partial charge < -0.3 is 14.1 Å². The van der Waals surface area contributed by atoms with E-state index in [1.165, 1.54) is 11.0 Å². The zero-order valence-corrected chi connectivity index (χ0v) is 20.0. The normalized spacial score (nSPS) is 15.1. The summed E-state index contributed by atoms with van der Waals surface area (Å²) in [6.45, 7) is 2.26. The number of amides is 2. The standard InChI is InChI=1S/C27H21N3O5S/c1-2-16-7-3-5-9-21(16)30-25(32)20(24(31)28-27(30)36)13-17-14-29(22-10-6-4-8-19(17)22)15-18-11-12-23(35-18)26(33)34/h3-14H,2,15H2,1H3,(H,33,34)(H,28,31,36)/b20-13+. The minimum Gasteiger partial charge on any atom is -0.475 e. The van der Waals surface area contributed by atoms with Gasteiger partial charge in [-0.25, -0.2) is 4.79 Å². The number of carboxylic acids is 1. The third kappa shape index (κ3) is 4.09. The highest BCUT2D eigenvalue weighted by atomic mass is 32.1. The van der Waals surface area contributed by atoms with Crippen LogP contribution in [-0.2, 0) is 22.6 Å². The number of thiocarbonyl (C=S) groups is 1. The van der Waals surface area contributed by atoms with Gasteiger partial charge >= 0.3 is 5.97 Å². The fraction of sp³-hybridized carbons (Fsp3) is 0.111. The first-order valence-electron chi connectivity index (χ1n) is 11.3. The van der Waals surface area contributed by atoms with Gasteiger partial charge in [-0.3, -0.25) is 19.8 Å². The van der Waals surface area contributed by atoms with Crippen molar-refractivity contribution in [3.63, 3.8) is 0 Å². The number of nitrogens with zero attached hydrogens (tertiary/aromatic N) is 2. The number of furan rings is 1. The number of benzene rings is 2. The highest BCUT2D eigenvalue weighted by Gasteiger charge is 2.35. The van der Waals surface area contributed by atoms with Crippen molar-refractivity contribution in [2.75, 3.05) is 4.90 Å². The Morgan fingerprint density at radius 1 is 1.08 bits per heavy atom. The van der Waals surface area contributed by atoms with Gasteiger partial charge in [-0.05, 0) is 54.5 Å². The molecule has 1 aliphatic heterocycles. The molecule has 1 saturated heterocycles. The molecular weight excluding hydrogens is 478 g/mol. The Labute approximate surface area is 211 Å². The van der Waals surface area contributed by atoms with Gasteiger partial charge in [0.2, 0.25) is 5.76 Å². The summed E-state index contributed by atoms with van der Waals surface area (Å²) in [4.78, 5) is 38.9. The molecule has 0 atom stereocenters. The van der Waals surface area contributed by atoms with E-state index in [1.807, 2.05) is 54.0 Å². The van der Waals surface area contributed by atoms with E-state index in [0.29, 0.717) is 23.4 Å². The lowest BCUT2D eigenvalue weighted by Crippen LogP contribution is -2.54. The van der Waals surface area contributed by atoms with E-state index in [2.05, 4.69) is 5.32 Å². The second kappa shape index (κ2) is 9.27. The Morgan fingerprint density at radius 2 is 1.83 bits per heavy atom. The molecule has 9 heteroatoms. The van der Waals surface area contributed by atoms with Crippen LogP contribution in [0.1, 0.15) is 34.4 Å². The summed E-state index contributed by atoms with van der Waals surface area (Å²) in [6, 6.07) is 18.0. The number of aromatic nitrogens is 1. The molecule has 2 amide bonds. The lowest BCUT2D eigenvalue weighted by atomic mass is 10.0. The summed E-state index contributed by atoms with van der Waals surface area (Å²) in [5.74, 6) is -1.89. The number of para-hydroxylation sites is 2. The third-order valence-electron chi connectivity index (χ3n) is 6.03. The molecule has 2 aromatic carbocycles. The van der Waals surface area contributed by atoms with Crippen molar-refractivity contribution in [2.24, 2.45) is 0 Å². The Kier molecular flexibility index (Phi) is 5.99. The number of carbonyl (C=O) groups excluding carboxylic acids is 2. The van der Waals surface area contributed by atoms with E-state index in [0.717, 1.165) is 16.5 Å². The summed E-state index contributed by atoms with van der Waals surface area (Å²) >= 11 is 5.35. The highest BCUT2D eigenvalue weighted by Crippen LogP contribution is 2.29. The highest BCUT2D eigenvalue weighted by molar-refractivity contribution is 7.80. The predicted octanol–water partition coefficient (Wildman–Crippen LogP) is 4.37. The second-order valence-corrected chi connectivity index (χ2v) is 8.63. The minimum atomic E-state index is -1.14. The third-order valence-corrected chi connectivity index (χ3v) is 6.32. The quantitative estimate of drug-likeness (QED) is 0.232. The molecule has 0 spiro atoms. The van der Waals surface area contributed by atoms with E-state index >= 15 is 0 Å². The van der Waals surface area contributed by atoms with Gasteiger partial charge in [-0.1, -0.05) is 43.3 Å². The fourth-order valence-corrected chi connectivity index (χ4v) is 4.60. The topological polar surface area (TPSA) is 105 Å². The summed E-state index contributed by atoms with van der Waals surface area (Å²) in [6.07, 6.45) is 4.06. The van der Waals surface area contributed by atoms with E-state index in [9.17, 15) is 14.4 Å². The van der Waals surface area contributed by atoms with Gasteiger partial charge in [0.1, 0.15) is 11.3 Å². The van der Waals surface area contributed by atoms with Gasteiger partial charge in [0.05, 0.1) is 12.2 Å². The maximum Gasteiger partial charge on any atom is 0.371 e. The molecule has 5 rings (SSSR count). The van der Waals surface area contributed by atoms with Crippen LogP contribution in [0.4, 0.5) is 5.69 Å². The Bertz CT molecular complexity index is 1580. The van der Waals surface area contributed by atoms with Crippen LogP contribution < -0.4 is 10.2 Å². The van der Waals surface area contributed by atoms with Crippen molar-refractivity contribution in [2.45, 2.75) is 19.9 Å². The summed E-state index contributed by atoms with van der Waals surface area (Å²) in [7, 11) is 0. The minimum absolute atomic E-state index is 0.0384. The molecule has 1 aliphatic rings. The molecule has 180 valence electrons. The lowest BCUT2D eigenvalue weighted by Gasteiger charge is -2.30. The number of hydrogen-bond acceptors (Lipinski definition) is 5. The molecule has 2 aromatic heterocycles. The van der Waals surface area contributed by atoms with Crippen LogP contribution in [0.2, 0.25) is 0 Å². The number of aromatic carboxylic acids is 1. The van der Waals surface area contributed by atoms with Crippen LogP contribution in [0.15, 0.2) is 76.9 Å². The van der Waals surface area contributed by atoms with E-state index < -0.39 is 17.8 Å². The molecule has 0 saturated carbocycles. The maximum absolute atomic E-state index is 13.6. The number of fused-ring (bicyclic) bond motifs is 1. The van der Waals surface area contributed by atoms with Crippen LogP contribution in [-0.4, -0.2) is 32.6 Å². The zero-order valence-electron chi connectivity index (χ0n) is 19.2. The molecule has 36 heavy (non-hydrogen) atoms. The van der Waals surface area contributed by atoms with Gasteiger partial charge in [-0.15, -0.1) is 0 Å². The fourth-order valence-electron chi connectivity index (χ4n) is 4.33. The summed E-state index contributed by atoms with van der Waals surface area (Å²) in [5, 5.41) is 12.6. The number of hydrogen-bond donors (Lipinski definition) is 2. The van der Waals surface area contributed by atoms with Crippen molar-refractivity contribution in [3.8, 4) is 0 Å². The smallest absolute Gasteiger partial charge is 0.371 e. The van der Waals surface area contributed by atoms with Crippen LogP contribution in [0, 0.1) is 0 Å². The van der Waals surface area contributed by atoms with Gasteiger partial charge in [0.25, 0.3) is 11.8 Å². The summed E-state index contributed by atoms with van der Waals surface area (Å²) < 4.78 is 7.29. The average molecular weight is 500 g/mol. The predicted molar refractivity (Wildman–Crippen MR) is 139 cm³/mol. The first-order valence-corrected chi connectivity index (χ1v) is 11.7. The van der Waals surface area contributed by atoms with E-state index in [1.54, 1.807) is 24.4 Å². The van der Waals surface area contributed by atoms with Crippen molar-refractivity contribution < 1.29 is 23.9 Å².